The zero-order valence-corrected chi connectivity index (χ0v) is 111. The lowest BCUT2D eigenvalue weighted by molar-refractivity contribution is 0.299. The molecule has 0 radical (unpaired) electrons. The molecule has 5 rings (SSSR count). The molecular formula is C127H236O10P10+10. The molecule has 0 heterocycles. The predicted octanol–water partition coefficient (Wildman–Crippen LogP) is 37.4. The van der Waals surface area contributed by atoms with Gasteiger partial charge in [0.15, 0.2) is 0 Å². The Kier molecular flexibility index (Phi) is 66.3. The summed E-state index contributed by atoms with van der Waals surface area (Å²) in [6, 6.07) is 24.1. The van der Waals surface area contributed by atoms with Gasteiger partial charge in [0, 0.05) is 207 Å². The number of hydrogen-bond acceptors (Lipinski definition) is 10. The van der Waals surface area contributed by atoms with Crippen molar-refractivity contribution in [2.75, 3.05) is 313 Å². The van der Waals surface area contributed by atoms with E-state index in [0.29, 0.717) is 85.1 Å². The second-order valence-electron chi connectivity index (χ2n) is 43.7. The van der Waals surface area contributed by atoms with Crippen molar-refractivity contribution in [1.82, 2.24) is 0 Å². The maximum atomic E-state index is 7.74. The van der Waals surface area contributed by atoms with Gasteiger partial charge in [-0.2, -0.15) is 0 Å². The SMILES string of the molecule is CCc1cc(OCCC[P+](CC)(CC)CC)c(Cc2cc(OCCC[P+](CC)(CC)CC)c(Cc3cc(OCCC[P+](CC)(CC)CC)c(Cc4cc(OCCC[P+](CC)(CC)CC)c(Cc5cc(OCCC[P+](CC)(CC)CC)c(C)cc5OCCC[P+](CC)(CC)CC)cc4OCCC[P+](CC)(CC)CC)cc3OCCC[P+](CC)(CC)CC)cc2OCCC[P+](CC)(CC)CC)cc1OCCC[P+](CC)(CC)CC. The molecular weight excluding hydrogens is 2000 g/mol. The van der Waals surface area contributed by atoms with Crippen molar-refractivity contribution in [3.05, 3.63) is 116 Å². The van der Waals surface area contributed by atoms with Gasteiger partial charge in [-0.3, -0.25) is 0 Å². The highest BCUT2D eigenvalue weighted by molar-refractivity contribution is 7.78. The van der Waals surface area contributed by atoms with Gasteiger partial charge in [-0.1, -0.05) is 6.92 Å². The van der Waals surface area contributed by atoms with E-state index >= 15 is 0 Å². The van der Waals surface area contributed by atoms with Crippen LogP contribution in [0, 0.1) is 6.92 Å². The molecule has 0 N–H and O–H groups in total. The topological polar surface area (TPSA) is 92.3 Å². The average Bonchev–Trinajstić information content (AvgIpc) is 0.785. The summed E-state index contributed by atoms with van der Waals surface area (Å²) in [5.74, 6) is 9.49. The Labute approximate surface area is 917 Å². The minimum absolute atomic E-state index is 0.562. The number of ether oxygens (including phenoxy) is 10. The van der Waals surface area contributed by atoms with Crippen LogP contribution < -0.4 is 47.4 Å². The Balaban J connectivity index is 2.05. The van der Waals surface area contributed by atoms with Crippen LogP contribution in [0.1, 0.15) is 334 Å². The van der Waals surface area contributed by atoms with E-state index in [2.05, 4.69) is 282 Å². The summed E-state index contributed by atoms with van der Waals surface area (Å²) in [5, 5.41) is 0. The van der Waals surface area contributed by atoms with E-state index in [-0.39, 0.29) is 0 Å². The minimum atomic E-state index is -1.17. The molecule has 0 spiro atoms. The summed E-state index contributed by atoms with van der Waals surface area (Å²) in [5.41, 5.74) is 11.4. The molecule has 0 saturated carbocycles. The molecule has 844 valence electrons. The highest BCUT2D eigenvalue weighted by Gasteiger charge is 2.40. The molecule has 0 saturated heterocycles. The van der Waals surface area contributed by atoms with Gasteiger partial charge < -0.3 is 47.4 Å². The van der Waals surface area contributed by atoms with E-state index in [4.69, 9.17) is 47.4 Å². The Morgan fingerprint density at radius 2 is 0.238 bits per heavy atom. The second kappa shape index (κ2) is 71.8. The lowest BCUT2D eigenvalue weighted by Crippen LogP contribution is -2.14. The zero-order valence-electron chi connectivity index (χ0n) is 102. The van der Waals surface area contributed by atoms with Crippen molar-refractivity contribution in [1.29, 1.82) is 0 Å². The third kappa shape index (κ3) is 41.3. The van der Waals surface area contributed by atoms with Crippen LogP contribution in [-0.2, 0) is 32.1 Å². The van der Waals surface area contributed by atoms with Gasteiger partial charge in [-0.15, -0.1) is 0 Å². The van der Waals surface area contributed by atoms with E-state index in [1.807, 2.05) is 0 Å². The van der Waals surface area contributed by atoms with Gasteiger partial charge in [0.1, 0.15) is 57.5 Å². The first-order chi connectivity index (χ1) is 70.9. The van der Waals surface area contributed by atoms with Gasteiger partial charge >= 0.3 is 0 Å². The molecule has 0 aliphatic rings. The molecule has 5 aromatic carbocycles. The minimum Gasteiger partial charge on any atom is -0.493 e. The van der Waals surface area contributed by atoms with Gasteiger partial charge in [0.25, 0.3) is 0 Å². The lowest BCUT2D eigenvalue weighted by atomic mass is 9.94. The smallest absolute Gasteiger partial charge is 0.123 e. The molecule has 10 nitrogen and oxygen atoms in total. The summed E-state index contributed by atoms with van der Waals surface area (Å²) < 4.78 is 74.8. The van der Waals surface area contributed by atoms with Crippen LogP contribution >= 0.6 is 72.6 Å². The number of rotatable bonds is 89. The van der Waals surface area contributed by atoms with Crippen molar-refractivity contribution in [3.8, 4) is 57.5 Å². The molecule has 0 atom stereocenters. The normalized spacial score (nSPS) is 12.8. The Morgan fingerprint density at radius 1 is 0.136 bits per heavy atom. The highest BCUT2D eigenvalue weighted by Crippen LogP contribution is 2.66. The van der Waals surface area contributed by atoms with Crippen LogP contribution in [0.3, 0.4) is 0 Å². The Hall–Kier alpha value is -1.60. The first-order valence-electron chi connectivity index (χ1n) is 61.5. The van der Waals surface area contributed by atoms with Crippen LogP contribution in [0.15, 0.2) is 60.7 Å². The molecule has 20 heteroatoms. The number of benzene rings is 5. The number of hydrogen-bond donors (Lipinski definition) is 0. The molecule has 0 bridgehead atoms. The van der Waals surface area contributed by atoms with E-state index in [1.165, 1.54) is 252 Å². The fourth-order valence-corrected chi connectivity index (χ4v) is 55.0. The Morgan fingerprint density at radius 3 is 0.361 bits per heavy atom. The monoisotopic (exact) mass is 2230 g/mol. The van der Waals surface area contributed by atoms with E-state index in [1.54, 1.807) is 0 Å². The second-order valence-corrected chi connectivity index (χ2v) is 94.0. The standard InChI is InChI=1S/C127H236O10P10/c1-33-109-99-121(131-77-67-87-141(43-11,44-12)45-13)111(101-120(109)130-76-66-86-140(40-8,41-9)42-10)96-113-103-125(135-81-71-91-145(55-23,56-24)57-25)115(105-124(113)134-80-70-90-144(52-20,53-21)54-22)98-117-107-126(136-82-72-92-146(58-26,59-27)60-28)116(106-127(117)137-83-73-93-147(61-29,62-30)63-31)97-114-104-122(132-78-68-88-142(46-14,47-15)48-16)112(102-123(114)133-79-69-89-143(49-17,50-18)51-19)95-110-100-118(128-74-64-84-138(34-2,35-3)36-4)108(32)94-119(110)129-75-65-85-139(37-5,38-6)39-7/h94,99-107H,33-93,95-98H2,1-32H3/q+10. The molecule has 5 aromatic rings. The summed E-state index contributed by atoms with van der Waals surface area (Å²) in [4.78, 5) is 0. The molecule has 0 unspecified atom stereocenters. The summed E-state index contributed by atoms with van der Waals surface area (Å²) in [7, 11) is -11.0. The molecule has 0 aliphatic heterocycles. The molecule has 0 aliphatic carbocycles. The molecule has 147 heavy (non-hydrogen) atoms. The van der Waals surface area contributed by atoms with Crippen LogP contribution in [0.25, 0.3) is 0 Å². The van der Waals surface area contributed by atoms with Gasteiger partial charge in [0.05, 0.1) is 313 Å². The molecule has 0 fully saturated rings. The summed E-state index contributed by atoms with van der Waals surface area (Å²) in [6.07, 6.45) is 64.5. The quantitative estimate of drug-likeness (QED) is 0.0277. The van der Waals surface area contributed by atoms with Crippen molar-refractivity contribution in [3.63, 3.8) is 0 Å². The predicted molar refractivity (Wildman–Crippen MR) is 693 cm³/mol. The largest absolute Gasteiger partial charge is 0.493 e. The number of aryl methyl sites for hydroxylation is 2. The lowest BCUT2D eigenvalue weighted by Gasteiger charge is -2.26. The first kappa shape index (κ1) is 136. The molecule has 0 aromatic heterocycles. The van der Waals surface area contributed by atoms with Crippen molar-refractivity contribution >= 4 is 72.6 Å². The highest BCUT2D eigenvalue weighted by atomic mass is 31.2. The zero-order chi connectivity index (χ0) is 109. The van der Waals surface area contributed by atoms with Crippen LogP contribution in [0.4, 0.5) is 0 Å². The van der Waals surface area contributed by atoms with Crippen LogP contribution in [0.2, 0.25) is 0 Å². The van der Waals surface area contributed by atoms with Crippen molar-refractivity contribution in [2.45, 2.75) is 318 Å². The summed E-state index contributed by atoms with van der Waals surface area (Å²) >= 11 is 0. The fraction of sp³-hybridized carbons (Fsp3) is 0.764. The van der Waals surface area contributed by atoms with Crippen LogP contribution in [-0.4, -0.2) is 313 Å². The summed E-state index contributed by atoms with van der Waals surface area (Å²) in [6.45, 7) is 84.6. The first-order valence-corrected chi connectivity index (χ1v) is 86.8. The maximum absolute atomic E-state index is 7.74. The van der Waals surface area contributed by atoms with E-state index in [0.717, 1.165) is 185 Å². The van der Waals surface area contributed by atoms with Crippen molar-refractivity contribution < 1.29 is 47.4 Å². The average molecular weight is 2230 g/mol. The maximum Gasteiger partial charge on any atom is 0.123 e. The fourth-order valence-electron chi connectivity index (χ4n) is 24.1. The van der Waals surface area contributed by atoms with Gasteiger partial charge in [-0.25, -0.2) is 0 Å². The van der Waals surface area contributed by atoms with Gasteiger partial charge in [-0.05, 0) is 293 Å². The van der Waals surface area contributed by atoms with Crippen LogP contribution in [0.5, 0.6) is 57.5 Å². The third-order valence-corrected chi connectivity index (χ3v) is 91.6. The van der Waals surface area contributed by atoms with Crippen molar-refractivity contribution in [2.24, 2.45) is 0 Å². The molecule has 0 amide bonds. The third-order valence-electron chi connectivity index (χ3n) is 38.7. The van der Waals surface area contributed by atoms with E-state index in [9.17, 15) is 0 Å². The van der Waals surface area contributed by atoms with Gasteiger partial charge in [0.2, 0.25) is 0 Å². The van der Waals surface area contributed by atoms with E-state index < -0.39 is 72.6 Å². The Bertz CT molecular complexity index is 4270.